The van der Waals surface area contributed by atoms with Crippen molar-refractivity contribution in [3.05, 3.63) is 95.1 Å². The van der Waals surface area contributed by atoms with Crippen LogP contribution in [0.1, 0.15) is 62.8 Å². The van der Waals surface area contributed by atoms with Crippen LogP contribution in [0.3, 0.4) is 0 Å². The first kappa shape index (κ1) is 24.5. The number of anilines is 1. The van der Waals surface area contributed by atoms with Gasteiger partial charge in [0.25, 0.3) is 17.7 Å². The number of carbonyl (C=O) groups is 3. The van der Waals surface area contributed by atoms with Crippen molar-refractivity contribution in [1.29, 1.82) is 0 Å². The second-order valence-electron chi connectivity index (χ2n) is 7.86. The Morgan fingerprint density at radius 3 is 2.24 bits per heavy atom. The fraction of sp³-hybridized carbons (Fsp3) is 0.222. The van der Waals surface area contributed by atoms with Crippen molar-refractivity contribution < 1.29 is 19.1 Å². The number of carbonyl (C=O) groups excluding carboxylic acids is 3. The quantitative estimate of drug-likeness (QED) is 0.313. The molecule has 7 heteroatoms. The molecule has 0 aromatic heterocycles. The van der Waals surface area contributed by atoms with Crippen LogP contribution < -0.4 is 20.9 Å². The van der Waals surface area contributed by atoms with E-state index in [0.717, 1.165) is 24.8 Å². The van der Waals surface area contributed by atoms with Gasteiger partial charge in [-0.3, -0.25) is 25.2 Å². The molecule has 0 bridgehead atoms. The van der Waals surface area contributed by atoms with Crippen LogP contribution in [0.2, 0.25) is 0 Å². The Hall–Kier alpha value is -4.13. The summed E-state index contributed by atoms with van der Waals surface area (Å²) in [4.78, 5) is 37.4. The van der Waals surface area contributed by atoms with Crippen LogP contribution in [0.15, 0.2) is 72.8 Å². The minimum atomic E-state index is -0.480. The average molecular weight is 460 g/mol. The van der Waals surface area contributed by atoms with E-state index in [1.807, 2.05) is 19.1 Å². The van der Waals surface area contributed by atoms with Crippen molar-refractivity contribution in [3.8, 4) is 5.75 Å². The van der Waals surface area contributed by atoms with E-state index < -0.39 is 11.8 Å². The summed E-state index contributed by atoms with van der Waals surface area (Å²) in [5, 5.41) is 2.80. The van der Waals surface area contributed by atoms with E-state index in [-0.39, 0.29) is 5.91 Å². The third-order valence-electron chi connectivity index (χ3n) is 5.11. The molecule has 3 N–H and O–H groups in total. The van der Waals surface area contributed by atoms with Gasteiger partial charge in [-0.1, -0.05) is 49.6 Å². The molecule has 3 aromatic rings. The third-order valence-corrected chi connectivity index (χ3v) is 5.11. The molecule has 0 spiro atoms. The van der Waals surface area contributed by atoms with Crippen molar-refractivity contribution in [2.75, 3.05) is 11.9 Å². The van der Waals surface area contributed by atoms with Crippen molar-refractivity contribution in [2.24, 2.45) is 0 Å². The molecule has 0 radical (unpaired) electrons. The molecular weight excluding hydrogens is 430 g/mol. The van der Waals surface area contributed by atoms with Crippen molar-refractivity contribution in [2.45, 2.75) is 33.1 Å². The van der Waals surface area contributed by atoms with E-state index in [0.29, 0.717) is 34.7 Å². The van der Waals surface area contributed by atoms with Gasteiger partial charge in [-0.05, 0) is 61.9 Å². The summed E-state index contributed by atoms with van der Waals surface area (Å²) >= 11 is 0. The summed E-state index contributed by atoms with van der Waals surface area (Å²) < 4.78 is 5.73. The highest BCUT2D eigenvalue weighted by molar-refractivity contribution is 6.05. The number of benzene rings is 3. The molecule has 34 heavy (non-hydrogen) atoms. The fourth-order valence-electron chi connectivity index (χ4n) is 3.26. The highest BCUT2D eigenvalue weighted by Gasteiger charge is 2.14. The lowest BCUT2D eigenvalue weighted by molar-refractivity contribution is 0.0844. The van der Waals surface area contributed by atoms with E-state index >= 15 is 0 Å². The Morgan fingerprint density at radius 2 is 1.50 bits per heavy atom. The summed E-state index contributed by atoms with van der Waals surface area (Å²) in [7, 11) is 0. The first-order valence-corrected chi connectivity index (χ1v) is 11.3. The molecule has 0 heterocycles. The zero-order valence-electron chi connectivity index (χ0n) is 19.4. The maximum absolute atomic E-state index is 12.6. The van der Waals surface area contributed by atoms with Crippen LogP contribution in [-0.4, -0.2) is 24.3 Å². The summed E-state index contributed by atoms with van der Waals surface area (Å²) in [6.07, 6.45) is 3.04. The second-order valence-corrected chi connectivity index (χ2v) is 7.86. The molecule has 3 rings (SSSR count). The zero-order chi connectivity index (χ0) is 24.3. The molecule has 0 atom stereocenters. The van der Waals surface area contributed by atoms with Crippen LogP contribution >= 0.6 is 0 Å². The molecule has 0 fully saturated rings. The summed E-state index contributed by atoms with van der Waals surface area (Å²) in [5.41, 5.74) is 7.61. The number of unbranched alkanes of at least 4 members (excludes halogenated alkanes) is 2. The van der Waals surface area contributed by atoms with Crippen molar-refractivity contribution >= 4 is 23.4 Å². The topological polar surface area (TPSA) is 96.5 Å². The van der Waals surface area contributed by atoms with Gasteiger partial charge in [0.1, 0.15) is 5.75 Å². The smallest absolute Gasteiger partial charge is 0.273 e. The number of aryl methyl sites for hydroxylation is 1. The predicted octanol–water partition coefficient (Wildman–Crippen LogP) is 4.89. The molecule has 3 aromatic carbocycles. The Kier molecular flexibility index (Phi) is 8.80. The lowest BCUT2D eigenvalue weighted by Crippen LogP contribution is -2.41. The number of nitrogens with one attached hydrogen (secondary N) is 3. The monoisotopic (exact) mass is 459 g/mol. The third kappa shape index (κ3) is 6.93. The molecule has 0 aliphatic rings. The van der Waals surface area contributed by atoms with E-state index in [1.54, 1.807) is 60.7 Å². The van der Waals surface area contributed by atoms with Gasteiger partial charge in [-0.15, -0.1) is 0 Å². The highest BCUT2D eigenvalue weighted by atomic mass is 16.5. The van der Waals surface area contributed by atoms with Gasteiger partial charge in [-0.2, -0.15) is 0 Å². The van der Waals surface area contributed by atoms with Crippen molar-refractivity contribution in [1.82, 2.24) is 10.9 Å². The largest absolute Gasteiger partial charge is 0.493 e. The first-order chi connectivity index (χ1) is 16.5. The minimum absolute atomic E-state index is 0.233. The Morgan fingerprint density at radius 1 is 0.765 bits per heavy atom. The SMILES string of the molecule is CCCCCOc1ccccc1C(=O)NNC(=O)c1ccc(NC(=O)c2cccc(C)c2)cc1. The van der Waals surface area contributed by atoms with Gasteiger partial charge in [0, 0.05) is 16.8 Å². The van der Waals surface area contributed by atoms with Gasteiger partial charge < -0.3 is 10.1 Å². The number of para-hydroxylation sites is 1. The lowest BCUT2D eigenvalue weighted by atomic mass is 10.1. The van der Waals surface area contributed by atoms with Gasteiger partial charge >= 0.3 is 0 Å². The predicted molar refractivity (Wildman–Crippen MR) is 132 cm³/mol. The number of amides is 3. The number of hydrogen-bond donors (Lipinski definition) is 3. The number of hydrogen-bond acceptors (Lipinski definition) is 4. The second kappa shape index (κ2) is 12.2. The normalized spacial score (nSPS) is 10.3. The molecular formula is C27H29N3O4. The molecule has 0 aliphatic heterocycles. The molecule has 0 aliphatic carbocycles. The van der Waals surface area contributed by atoms with Crippen molar-refractivity contribution in [3.63, 3.8) is 0 Å². The Labute approximate surface area is 199 Å². The molecule has 0 saturated carbocycles. The van der Waals surface area contributed by atoms with Crippen LogP contribution in [0.5, 0.6) is 5.75 Å². The van der Waals surface area contributed by atoms with Crippen LogP contribution in [0, 0.1) is 6.92 Å². The van der Waals surface area contributed by atoms with E-state index in [4.69, 9.17) is 4.74 Å². The number of rotatable bonds is 9. The zero-order valence-corrected chi connectivity index (χ0v) is 19.4. The van der Waals surface area contributed by atoms with Gasteiger partial charge in [0.05, 0.1) is 12.2 Å². The highest BCUT2D eigenvalue weighted by Crippen LogP contribution is 2.18. The Balaban J connectivity index is 1.54. The molecule has 0 saturated heterocycles. The summed E-state index contributed by atoms with van der Waals surface area (Å²) in [6.45, 7) is 4.55. The summed E-state index contributed by atoms with van der Waals surface area (Å²) in [6, 6.07) is 20.6. The van der Waals surface area contributed by atoms with Gasteiger partial charge in [-0.25, -0.2) is 0 Å². The van der Waals surface area contributed by atoms with E-state index in [2.05, 4.69) is 23.1 Å². The van der Waals surface area contributed by atoms with Gasteiger partial charge in [0.2, 0.25) is 0 Å². The van der Waals surface area contributed by atoms with E-state index in [9.17, 15) is 14.4 Å². The summed E-state index contributed by atoms with van der Waals surface area (Å²) in [5.74, 6) is -0.712. The van der Waals surface area contributed by atoms with E-state index in [1.165, 1.54) is 0 Å². The fourth-order valence-corrected chi connectivity index (χ4v) is 3.26. The number of ether oxygens (including phenoxy) is 1. The maximum atomic E-state index is 12.6. The van der Waals surface area contributed by atoms with Crippen LogP contribution in [0.4, 0.5) is 5.69 Å². The van der Waals surface area contributed by atoms with Crippen LogP contribution in [-0.2, 0) is 0 Å². The molecule has 3 amide bonds. The maximum Gasteiger partial charge on any atom is 0.273 e. The minimum Gasteiger partial charge on any atom is -0.493 e. The standard InChI is InChI=1S/C27H29N3O4/c1-3-4-7-17-34-24-12-6-5-11-23(24)27(33)30-29-26(32)20-13-15-22(16-14-20)28-25(31)21-10-8-9-19(2)18-21/h5-6,8-16,18H,3-4,7,17H2,1-2H3,(H,28,31)(H,29,32)(H,30,33). The first-order valence-electron chi connectivity index (χ1n) is 11.3. The molecule has 176 valence electrons. The van der Waals surface area contributed by atoms with Crippen LogP contribution in [0.25, 0.3) is 0 Å². The van der Waals surface area contributed by atoms with Gasteiger partial charge in [0.15, 0.2) is 0 Å². The number of hydrazine groups is 1. The lowest BCUT2D eigenvalue weighted by Gasteiger charge is -2.12. The average Bonchev–Trinajstić information content (AvgIpc) is 2.85. The molecule has 0 unspecified atom stereocenters. The molecule has 7 nitrogen and oxygen atoms in total. The Bertz CT molecular complexity index is 1140.